The van der Waals surface area contributed by atoms with E-state index < -0.39 is 0 Å². The van der Waals surface area contributed by atoms with E-state index in [1.54, 1.807) is 27.5 Å². The third-order valence-electron chi connectivity index (χ3n) is 2.84. The molecule has 3 N–H and O–H groups in total. The Labute approximate surface area is 111 Å². The van der Waals surface area contributed by atoms with Crippen LogP contribution in [-0.2, 0) is 11.3 Å². The number of methoxy groups -OCH3 is 3. The predicted molar refractivity (Wildman–Crippen MR) is 72.3 cm³/mol. The van der Waals surface area contributed by atoms with Gasteiger partial charge in [0.15, 0.2) is 11.5 Å². The summed E-state index contributed by atoms with van der Waals surface area (Å²) in [5.41, 5.74) is 8.44. The first-order chi connectivity index (χ1) is 9.21. The Morgan fingerprint density at radius 2 is 2.00 bits per heavy atom. The lowest BCUT2D eigenvalue weighted by Gasteiger charge is -2.14. The van der Waals surface area contributed by atoms with E-state index in [4.69, 9.17) is 19.9 Å². The number of ether oxygens (including phenoxy) is 3. The van der Waals surface area contributed by atoms with Crippen LogP contribution >= 0.6 is 0 Å². The second kappa shape index (κ2) is 5.62. The topological polar surface area (TPSA) is 82.4 Å². The molecule has 0 saturated carbocycles. The molecule has 2 rings (SSSR count). The Bertz CT molecular complexity index is 566. The van der Waals surface area contributed by atoms with E-state index in [0.29, 0.717) is 23.9 Å². The molecule has 0 aliphatic carbocycles. The fourth-order valence-corrected chi connectivity index (χ4v) is 1.99. The van der Waals surface area contributed by atoms with Gasteiger partial charge in [0, 0.05) is 18.2 Å². The van der Waals surface area contributed by atoms with Crippen molar-refractivity contribution in [2.24, 2.45) is 0 Å². The number of nitrogens with one attached hydrogen (secondary N) is 1. The van der Waals surface area contributed by atoms with Crippen LogP contribution in [0.25, 0.3) is 11.1 Å². The lowest BCUT2D eigenvalue weighted by atomic mass is 10.0. The Hall–Kier alpha value is -2.21. The van der Waals surface area contributed by atoms with E-state index in [-0.39, 0.29) is 0 Å². The van der Waals surface area contributed by atoms with Gasteiger partial charge in [0.25, 0.3) is 0 Å². The first kappa shape index (κ1) is 13.2. The second-order valence-electron chi connectivity index (χ2n) is 4.00. The molecular weight excluding hydrogens is 246 g/mol. The highest BCUT2D eigenvalue weighted by molar-refractivity contribution is 5.76. The lowest BCUT2D eigenvalue weighted by molar-refractivity contribution is 0.181. The highest BCUT2D eigenvalue weighted by atomic mass is 16.5. The molecule has 0 aliphatic rings. The number of nitrogens with two attached hydrogens (primary N) is 1. The molecule has 0 radical (unpaired) electrons. The number of hydrogen-bond acceptors (Lipinski definition) is 5. The SMILES string of the molecule is COCc1cc(-c2cn[nH]c2N)cc(OC)c1OC. The molecule has 102 valence electrons. The van der Waals surface area contributed by atoms with Crippen LogP contribution in [0.5, 0.6) is 11.5 Å². The van der Waals surface area contributed by atoms with Crippen molar-refractivity contribution < 1.29 is 14.2 Å². The largest absolute Gasteiger partial charge is 0.493 e. The van der Waals surface area contributed by atoms with Crippen molar-refractivity contribution in [3.05, 3.63) is 23.9 Å². The smallest absolute Gasteiger partial charge is 0.166 e. The monoisotopic (exact) mass is 263 g/mol. The molecule has 1 heterocycles. The summed E-state index contributed by atoms with van der Waals surface area (Å²) in [4.78, 5) is 0. The minimum absolute atomic E-state index is 0.422. The number of H-pyrrole nitrogens is 1. The summed E-state index contributed by atoms with van der Waals surface area (Å²) < 4.78 is 15.9. The van der Waals surface area contributed by atoms with Gasteiger partial charge in [0.05, 0.1) is 27.0 Å². The zero-order valence-corrected chi connectivity index (χ0v) is 11.2. The fraction of sp³-hybridized carbons (Fsp3) is 0.308. The molecule has 0 spiro atoms. The maximum atomic E-state index is 5.84. The Morgan fingerprint density at radius 1 is 1.21 bits per heavy atom. The molecule has 6 heteroatoms. The molecule has 1 aromatic carbocycles. The number of anilines is 1. The van der Waals surface area contributed by atoms with E-state index in [0.717, 1.165) is 16.7 Å². The Kier molecular flexibility index (Phi) is 3.91. The molecule has 2 aromatic rings. The van der Waals surface area contributed by atoms with Crippen molar-refractivity contribution in [1.82, 2.24) is 10.2 Å². The molecule has 0 fully saturated rings. The zero-order valence-electron chi connectivity index (χ0n) is 11.2. The molecule has 0 atom stereocenters. The van der Waals surface area contributed by atoms with E-state index in [2.05, 4.69) is 10.2 Å². The number of rotatable bonds is 5. The summed E-state index contributed by atoms with van der Waals surface area (Å²) in [6, 6.07) is 3.81. The normalized spacial score (nSPS) is 10.5. The predicted octanol–water partition coefficient (Wildman–Crippen LogP) is 1.82. The van der Waals surface area contributed by atoms with Crippen LogP contribution in [0.15, 0.2) is 18.3 Å². The van der Waals surface area contributed by atoms with Crippen LogP contribution in [0.3, 0.4) is 0 Å². The van der Waals surface area contributed by atoms with Gasteiger partial charge in [-0.25, -0.2) is 0 Å². The average molecular weight is 263 g/mol. The number of benzene rings is 1. The van der Waals surface area contributed by atoms with E-state index in [9.17, 15) is 0 Å². The van der Waals surface area contributed by atoms with Crippen molar-refractivity contribution >= 4 is 5.82 Å². The van der Waals surface area contributed by atoms with Crippen molar-refractivity contribution in [3.8, 4) is 22.6 Å². The summed E-state index contributed by atoms with van der Waals surface area (Å²) >= 11 is 0. The maximum Gasteiger partial charge on any atom is 0.166 e. The van der Waals surface area contributed by atoms with Gasteiger partial charge in [-0.3, -0.25) is 5.10 Å². The molecule has 0 saturated heterocycles. The van der Waals surface area contributed by atoms with Gasteiger partial charge in [-0.2, -0.15) is 5.10 Å². The van der Waals surface area contributed by atoms with Crippen molar-refractivity contribution in [3.63, 3.8) is 0 Å². The number of nitrogen functional groups attached to an aromatic ring is 1. The third-order valence-corrected chi connectivity index (χ3v) is 2.84. The van der Waals surface area contributed by atoms with Gasteiger partial charge in [-0.15, -0.1) is 0 Å². The highest BCUT2D eigenvalue weighted by Gasteiger charge is 2.15. The lowest BCUT2D eigenvalue weighted by Crippen LogP contribution is -1.99. The van der Waals surface area contributed by atoms with Gasteiger partial charge in [-0.1, -0.05) is 0 Å². The molecule has 19 heavy (non-hydrogen) atoms. The number of aromatic amines is 1. The summed E-state index contributed by atoms with van der Waals surface area (Å²) in [5, 5.41) is 6.63. The van der Waals surface area contributed by atoms with Crippen molar-refractivity contribution in [2.75, 3.05) is 27.1 Å². The molecule has 0 unspecified atom stereocenters. The minimum Gasteiger partial charge on any atom is -0.493 e. The van der Waals surface area contributed by atoms with Gasteiger partial charge >= 0.3 is 0 Å². The number of hydrogen-bond donors (Lipinski definition) is 2. The first-order valence-electron chi connectivity index (χ1n) is 5.74. The third kappa shape index (κ3) is 2.48. The number of aromatic nitrogens is 2. The van der Waals surface area contributed by atoms with Gasteiger partial charge in [0.1, 0.15) is 5.82 Å². The maximum absolute atomic E-state index is 5.84. The van der Waals surface area contributed by atoms with Crippen LogP contribution in [0.1, 0.15) is 5.56 Å². The van der Waals surface area contributed by atoms with Crippen LogP contribution in [0, 0.1) is 0 Å². The Balaban J connectivity index is 2.57. The van der Waals surface area contributed by atoms with E-state index in [1.807, 2.05) is 12.1 Å². The highest BCUT2D eigenvalue weighted by Crippen LogP contribution is 2.37. The van der Waals surface area contributed by atoms with Crippen molar-refractivity contribution in [2.45, 2.75) is 6.61 Å². The summed E-state index contributed by atoms with van der Waals surface area (Å²) in [6.07, 6.45) is 1.67. The molecule has 6 nitrogen and oxygen atoms in total. The standard InChI is InChI=1S/C13H17N3O3/c1-17-7-9-4-8(10-6-15-16-13(10)14)5-11(18-2)12(9)19-3/h4-6H,7H2,1-3H3,(H3,14,15,16). The summed E-state index contributed by atoms with van der Waals surface area (Å²) in [7, 11) is 4.82. The zero-order chi connectivity index (χ0) is 13.8. The summed E-state index contributed by atoms with van der Waals surface area (Å²) in [5.74, 6) is 1.80. The molecule has 1 aromatic heterocycles. The van der Waals surface area contributed by atoms with E-state index >= 15 is 0 Å². The quantitative estimate of drug-likeness (QED) is 0.859. The van der Waals surface area contributed by atoms with Gasteiger partial charge < -0.3 is 19.9 Å². The molecule has 0 bridgehead atoms. The minimum atomic E-state index is 0.422. The first-order valence-corrected chi connectivity index (χ1v) is 5.74. The molecule has 0 amide bonds. The average Bonchev–Trinajstić information content (AvgIpc) is 2.84. The van der Waals surface area contributed by atoms with Crippen LogP contribution in [0.4, 0.5) is 5.82 Å². The van der Waals surface area contributed by atoms with Crippen LogP contribution in [-0.4, -0.2) is 31.5 Å². The van der Waals surface area contributed by atoms with Crippen LogP contribution in [0.2, 0.25) is 0 Å². The van der Waals surface area contributed by atoms with Gasteiger partial charge in [-0.05, 0) is 17.7 Å². The second-order valence-corrected chi connectivity index (χ2v) is 4.00. The van der Waals surface area contributed by atoms with Crippen LogP contribution < -0.4 is 15.2 Å². The van der Waals surface area contributed by atoms with Gasteiger partial charge in [0.2, 0.25) is 0 Å². The fourth-order valence-electron chi connectivity index (χ4n) is 1.99. The molecular formula is C13H17N3O3. The van der Waals surface area contributed by atoms with Crippen molar-refractivity contribution in [1.29, 1.82) is 0 Å². The number of nitrogens with zero attached hydrogens (tertiary/aromatic N) is 1. The Morgan fingerprint density at radius 3 is 2.53 bits per heavy atom. The molecule has 0 aliphatic heterocycles. The summed E-state index contributed by atoms with van der Waals surface area (Å²) in [6.45, 7) is 0.422. The van der Waals surface area contributed by atoms with E-state index in [1.165, 1.54) is 0 Å².